The standard InChI is InChI=1S/C27H24ClNO4/c1-32-26(30)23-16-18(13-14-25(23)28)8-6-7-15-29-27(31)33-17-24-21-11-4-2-9-19(21)20-10-3-5-12-22(20)24/h2-6,8-14,16,24H,7,15,17H2,1H3,(H,29,31). The summed E-state index contributed by atoms with van der Waals surface area (Å²) in [6, 6.07) is 21.6. The number of esters is 1. The van der Waals surface area contributed by atoms with E-state index in [0.29, 0.717) is 23.6 Å². The maximum atomic E-state index is 12.2. The van der Waals surface area contributed by atoms with Crippen LogP contribution in [-0.4, -0.2) is 32.3 Å². The Morgan fingerprint density at radius 2 is 1.67 bits per heavy atom. The van der Waals surface area contributed by atoms with Crippen LogP contribution in [0.3, 0.4) is 0 Å². The lowest BCUT2D eigenvalue weighted by atomic mass is 9.98. The van der Waals surface area contributed by atoms with Gasteiger partial charge in [-0.25, -0.2) is 9.59 Å². The van der Waals surface area contributed by atoms with Crippen molar-refractivity contribution in [2.75, 3.05) is 20.3 Å². The first-order valence-corrected chi connectivity index (χ1v) is 11.1. The van der Waals surface area contributed by atoms with Gasteiger partial charge in [0, 0.05) is 12.5 Å². The van der Waals surface area contributed by atoms with E-state index >= 15 is 0 Å². The van der Waals surface area contributed by atoms with Gasteiger partial charge in [-0.15, -0.1) is 0 Å². The first kappa shape index (κ1) is 22.6. The van der Waals surface area contributed by atoms with Gasteiger partial charge in [0.15, 0.2) is 0 Å². The van der Waals surface area contributed by atoms with E-state index in [0.717, 1.165) is 5.56 Å². The van der Waals surface area contributed by atoms with Crippen LogP contribution >= 0.6 is 11.6 Å². The zero-order valence-electron chi connectivity index (χ0n) is 18.2. The van der Waals surface area contributed by atoms with Crippen molar-refractivity contribution in [3.63, 3.8) is 0 Å². The number of amides is 1. The zero-order valence-corrected chi connectivity index (χ0v) is 19.0. The Labute approximate surface area is 198 Å². The number of carbonyl (C=O) groups is 2. The first-order chi connectivity index (χ1) is 16.1. The molecule has 0 bridgehead atoms. The van der Waals surface area contributed by atoms with Crippen molar-refractivity contribution in [1.29, 1.82) is 0 Å². The fourth-order valence-electron chi connectivity index (χ4n) is 4.04. The number of hydrogen-bond acceptors (Lipinski definition) is 4. The van der Waals surface area contributed by atoms with Crippen LogP contribution in [0.5, 0.6) is 0 Å². The van der Waals surface area contributed by atoms with Crippen LogP contribution in [0.25, 0.3) is 17.2 Å². The summed E-state index contributed by atoms with van der Waals surface area (Å²) >= 11 is 6.03. The Hall–Kier alpha value is -3.57. The molecule has 1 aliphatic rings. The predicted molar refractivity (Wildman–Crippen MR) is 130 cm³/mol. The molecule has 3 aromatic carbocycles. The van der Waals surface area contributed by atoms with E-state index in [4.69, 9.17) is 21.1 Å². The highest BCUT2D eigenvalue weighted by Gasteiger charge is 2.28. The average molecular weight is 462 g/mol. The third kappa shape index (κ3) is 5.10. The maximum absolute atomic E-state index is 12.2. The van der Waals surface area contributed by atoms with Crippen molar-refractivity contribution in [2.45, 2.75) is 12.3 Å². The molecule has 0 aliphatic heterocycles. The smallest absolute Gasteiger partial charge is 0.407 e. The second kappa shape index (κ2) is 10.4. The van der Waals surface area contributed by atoms with Gasteiger partial charge in [0.1, 0.15) is 6.61 Å². The lowest BCUT2D eigenvalue weighted by Gasteiger charge is -2.14. The number of alkyl carbamates (subject to hydrolysis) is 1. The lowest BCUT2D eigenvalue weighted by Crippen LogP contribution is -2.26. The maximum Gasteiger partial charge on any atom is 0.407 e. The Bertz CT molecular complexity index is 1160. The molecule has 0 spiro atoms. The average Bonchev–Trinajstić information content (AvgIpc) is 3.16. The van der Waals surface area contributed by atoms with Gasteiger partial charge < -0.3 is 14.8 Å². The Morgan fingerprint density at radius 1 is 1.00 bits per heavy atom. The van der Waals surface area contributed by atoms with Crippen LogP contribution in [0, 0.1) is 0 Å². The fraction of sp³-hybridized carbons (Fsp3) is 0.185. The molecule has 168 valence electrons. The van der Waals surface area contributed by atoms with Crippen molar-refractivity contribution >= 4 is 29.7 Å². The van der Waals surface area contributed by atoms with Crippen LogP contribution < -0.4 is 5.32 Å². The number of nitrogens with one attached hydrogen (secondary N) is 1. The van der Waals surface area contributed by atoms with E-state index in [2.05, 4.69) is 29.6 Å². The molecule has 6 heteroatoms. The summed E-state index contributed by atoms with van der Waals surface area (Å²) in [6.45, 7) is 0.724. The van der Waals surface area contributed by atoms with Gasteiger partial charge in [0.05, 0.1) is 17.7 Å². The molecule has 0 atom stereocenters. The molecule has 0 radical (unpaired) electrons. The Balaban J connectivity index is 1.27. The van der Waals surface area contributed by atoms with Gasteiger partial charge in [-0.1, -0.05) is 78.4 Å². The number of halogens is 1. The van der Waals surface area contributed by atoms with Gasteiger partial charge >= 0.3 is 12.1 Å². The second-order valence-electron chi connectivity index (χ2n) is 7.67. The number of methoxy groups -OCH3 is 1. The van der Waals surface area contributed by atoms with Crippen LogP contribution in [0.2, 0.25) is 5.02 Å². The Morgan fingerprint density at radius 3 is 2.33 bits per heavy atom. The number of hydrogen-bond donors (Lipinski definition) is 1. The summed E-state index contributed by atoms with van der Waals surface area (Å²) in [4.78, 5) is 24.0. The van der Waals surface area contributed by atoms with Gasteiger partial charge in [0.25, 0.3) is 0 Å². The molecule has 0 unspecified atom stereocenters. The van der Waals surface area contributed by atoms with E-state index in [-0.39, 0.29) is 12.5 Å². The number of benzene rings is 3. The summed E-state index contributed by atoms with van der Waals surface area (Å²) in [5.41, 5.74) is 5.90. The molecule has 33 heavy (non-hydrogen) atoms. The normalized spacial score (nSPS) is 12.3. The summed E-state index contributed by atoms with van der Waals surface area (Å²) in [5.74, 6) is -0.441. The van der Waals surface area contributed by atoms with Crippen molar-refractivity contribution in [1.82, 2.24) is 5.32 Å². The quantitative estimate of drug-likeness (QED) is 0.342. The molecule has 1 N–H and O–H groups in total. The third-order valence-electron chi connectivity index (χ3n) is 5.63. The first-order valence-electron chi connectivity index (χ1n) is 10.7. The number of rotatable bonds is 7. The van der Waals surface area contributed by atoms with E-state index in [1.54, 1.807) is 12.1 Å². The molecule has 0 aromatic heterocycles. The largest absolute Gasteiger partial charge is 0.465 e. The molecule has 1 amide bonds. The van der Waals surface area contributed by atoms with Crippen LogP contribution in [0.1, 0.15) is 39.4 Å². The highest BCUT2D eigenvalue weighted by Crippen LogP contribution is 2.44. The minimum atomic E-state index is -0.479. The summed E-state index contributed by atoms with van der Waals surface area (Å²) < 4.78 is 10.3. The molecule has 0 heterocycles. The third-order valence-corrected chi connectivity index (χ3v) is 5.96. The molecular formula is C27H24ClNO4. The van der Waals surface area contributed by atoms with Crippen LogP contribution in [0.15, 0.2) is 72.8 Å². The molecule has 3 aromatic rings. The SMILES string of the molecule is COC(=O)c1cc(C=CCCNC(=O)OCC2c3ccccc3-c3ccccc32)ccc1Cl. The minimum absolute atomic E-state index is 0.0388. The van der Waals surface area contributed by atoms with Gasteiger partial charge in [-0.05, 0) is 46.4 Å². The lowest BCUT2D eigenvalue weighted by molar-refractivity contribution is 0.0601. The van der Waals surface area contributed by atoms with Crippen molar-refractivity contribution in [2.24, 2.45) is 0 Å². The van der Waals surface area contributed by atoms with Crippen LogP contribution in [-0.2, 0) is 9.47 Å². The van der Waals surface area contributed by atoms with E-state index in [1.165, 1.54) is 29.4 Å². The van der Waals surface area contributed by atoms with E-state index in [9.17, 15) is 9.59 Å². The summed E-state index contributed by atoms with van der Waals surface area (Å²) in [7, 11) is 1.32. The van der Waals surface area contributed by atoms with Crippen LogP contribution in [0.4, 0.5) is 4.79 Å². The molecule has 5 nitrogen and oxygen atoms in total. The molecule has 0 fully saturated rings. The Kier molecular flexibility index (Phi) is 7.10. The minimum Gasteiger partial charge on any atom is -0.465 e. The summed E-state index contributed by atoms with van der Waals surface area (Å²) in [5, 5.41) is 3.12. The fourth-order valence-corrected chi connectivity index (χ4v) is 4.23. The molecular weight excluding hydrogens is 438 g/mol. The summed E-state index contributed by atoms with van der Waals surface area (Å²) in [6.07, 6.45) is 3.95. The molecule has 0 saturated carbocycles. The van der Waals surface area contributed by atoms with Crippen molar-refractivity contribution in [3.8, 4) is 11.1 Å². The topological polar surface area (TPSA) is 64.6 Å². The van der Waals surface area contributed by atoms with Gasteiger partial charge in [0.2, 0.25) is 0 Å². The number of ether oxygens (including phenoxy) is 2. The van der Waals surface area contributed by atoms with Crippen molar-refractivity contribution < 1.29 is 19.1 Å². The predicted octanol–water partition coefficient (Wildman–Crippen LogP) is 6.07. The number of fused-ring (bicyclic) bond motifs is 3. The second-order valence-corrected chi connectivity index (χ2v) is 8.08. The number of carbonyl (C=O) groups excluding carboxylic acids is 2. The molecule has 4 rings (SSSR count). The van der Waals surface area contributed by atoms with Crippen molar-refractivity contribution in [3.05, 3.63) is 100 Å². The zero-order chi connectivity index (χ0) is 23.2. The molecule has 1 aliphatic carbocycles. The van der Waals surface area contributed by atoms with Gasteiger partial charge in [-0.3, -0.25) is 0 Å². The molecule has 0 saturated heterocycles. The highest BCUT2D eigenvalue weighted by atomic mass is 35.5. The van der Waals surface area contributed by atoms with E-state index in [1.807, 2.05) is 42.5 Å². The van der Waals surface area contributed by atoms with Gasteiger partial charge in [-0.2, -0.15) is 0 Å². The highest BCUT2D eigenvalue weighted by molar-refractivity contribution is 6.33. The monoisotopic (exact) mass is 461 g/mol. The van der Waals surface area contributed by atoms with E-state index < -0.39 is 12.1 Å².